The van der Waals surface area contributed by atoms with Crippen LogP contribution in [0.15, 0.2) is 18.2 Å². The molecule has 4 rings (SSSR count). The van der Waals surface area contributed by atoms with Gasteiger partial charge in [0.1, 0.15) is 5.54 Å². The van der Waals surface area contributed by atoms with Gasteiger partial charge >= 0.3 is 0 Å². The summed E-state index contributed by atoms with van der Waals surface area (Å²) in [5.74, 6) is -3.77. The van der Waals surface area contributed by atoms with Crippen molar-refractivity contribution in [3.05, 3.63) is 28.8 Å². The summed E-state index contributed by atoms with van der Waals surface area (Å²) in [6.07, 6.45) is -0.164. The lowest BCUT2D eigenvalue weighted by molar-refractivity contribution is -0.147. The number of anilines is 1. The monoisotopic (exact) mass is 404 g/mol. The Kier molecular flexibility index (Phi) is 3.90. The second-order valence-corrected chi connectivity index (χ2v) is 8.94. The Balaban J connectivity index is 1.93. The SMILES string of the molecule is CC(C)(C)N1C(=O)[C@@H]2[C@H](CC(N)=O)N[C@@]3(C(=O)Nc4c(Cl)cccc43)[C@@H]2C1=O. The van der Waals surface area contributed by atoms with Crippen LogP contribution in [-0.4, -0.2) is 40.1 Å². The number of halogens is 1. The fraction of sp³-hybridized carbons (Fsp3) is 0.474. The predicted octanol–water partition coefficient (Wildman–Crippen LogP) is 0.734. The van der Waals surface area contributed by atoms with E-state index in [0.717, 1.165) is 0 Å². The third kappa shape index (κ3) is 2.28. The number of nitrogens with one attached hydrogen (secondary N) is 2. The maximum Gasteiger partial charge on any atom is 0.250 e. The van der Waals surface area contributed by atoms with E-state index in [9.17, 15) is 19.2 Å². The first-order valence-electron chi connectivity index (χ1n) is 9.04. The molecule has 4 atom stereocenters. The first-order valence-corrected chi connectivity index (χ1v) is 9.42. The number of nitrogens with zero attached hydrogens (tertiary/aromatic N) is 1. The number of hydrogen-bond donors (Lipinski definition) is 3. The number of para-hydroxylation sites is 1. The van der Waals surface area contributed by atoms with Gasteiger partial charge in [0, 0.05) is 23.6 Å². The van der Waals surface area contributed by atoms with Crippen LogP contribution in [0.5, 0.6) is 0 Å². The van der Waals surface area contributed by atoms with Gasteiger partial charge in [-0.2, -0.15) is 0 Å². The summed E-state index contributed by atoms with van der Waals surface area (Å²) in [5, 5.41) is 6.21. The zero-order valence-corrected chi connectivity index (χ0v) is 16.5. The van der Waals surface area contributed by atoms with Crippen LogP contribution >= 0.6 is 11.6 Å². The molecule has 148 valence electrons. The van der Waals surface area contributed by atoms with E-state index in [4.69, 9.17) is 17.3 Å². The highest BCUT2D eigenvalue weighted by Crippen LogP contribution is 2.55. The van der Waals surface area contributed by atoms with Crippen molar-refractivity contribution in [2.24, 2.45) is 17.6 Å². The van der Waals surface area contributed by atoms with Crippen molar-refractivity contribution in [1.82, 2.24) is 10.2 Å². The summed E-state index contributed by atoms with van der Waals surface area (Å²) in [6, 6.07) is 4.29. The molecule has 4 N–H and O–H groups in total. The van der Waals surface area contributed by atoms with Crippen molar-refractivity contribution in [3.8, 4) is 0 Å². The molecule has 0 bridgehead atoms. The minimum absolute atomic E-state index is 0.164. The van der Waals surface area contributed by atoms with Crippen LogP contribution in [0.4, 0.5) is 5.69 Å². The fourth-order valence-electron chi connectivity index (χ4n) is 4.85. The van der Waals surface area contributed by atoms with Crippen molar-refractivity contribution >= 4 is 40.9 Å². The van der Waals surface area contributed by atoms with Crippen LogP contribution in [0.2, 0.25) is 5.02 Å². The van der Waals surface area contributed by atoms with E-state index in [1.54, 1.807) is 39.0 Å². The van der Waals surface area contributed by atoms with Crippen LogP contribution in [-0.2, 0) is 24.7 Å². The number of carbonyl (C=O) groups is 4. The Morgan fingerprint density at radius 2 is 1.93 bits per heavy atom. The van der Waals surface area contributed by atoms with Crippen LogP contribution in [0.3, 0.4) is 0 Å². The lowest BCUT2D eigenvalue weighted by atomic mass is 9.76. The number of primary amides is 1. The molecule has 9 heteroatoms. The molecule has 28 heavy (non-hydrogen) atoms. The van der Waals surface area contributed by atoms with Gasteiger partial charge in [-0.05, 0) is 26.8 Å². The van der Waals surface area contributed by atoms with Gasteiger partial charge in [-0.25, -0.2) is 0 Å². The quantitative estimate of drug-likeness (QED) is 0.627. The Morgan fingerprint density at radius 3 is 2.54 bits per heavy atom. The molecule has 0 saturated carbocycles. The predicted molar refractivity (Wildman–Crippen MR) is 101 cm³/mol. The maximum absolute atomic E-state index is 13.4. The van der Waals surface area contributed by atoms with E-state index in [1.165, 1.54) is 4.90 Å². The van der Waals surface area contributed by atoms with Gasteiger partial charge in [0.2, 0.25) is 23.6 Å². The molecule has 4 amide bonds. The average molecular weight is 405 g/mol. The highest BCUT2D eigenvalue weighted by atomic mass is 35.5. The minimum atomic E-state index is -1.47. The molecular weight excluding hydrogens is 384 g/mol. The van der Waals surface area contributed by atoms with E-state index in [2.05, 4.69) is 10.6 Å². The molecule has 3 heterocycles. The molecule has 0 unspecified atom stereocenters. The third-order valence-electron chi connectivity index (χ3n) is 5.79. The number of fused-ring (bicyclic) bond motifs is 4. The van der Waals surface area contributed by atoms with Crippen LogP contribution in [0.25, 0.3) is 0 Å². The Labute approximate surface area is 166 Å². The Morgan fingerprint density at radius 1 is 1.25 bits per heavy atom. The van der Waals surface area contributed by atoms with Crippen LogP contribution < -0.4 is 16.4 Å². The van der Waals surface area contributed by atoms with Crippen LogP contribution in [0.1, 0.15) is 32.8 Å². The van der Waals surface area contributed by atoms with Crippen molar-refractivity contribution in [2.75, 3.05) is 5.32 Å². The summed E-state index contributed by atoms with van der Waals surface area (Å²) in [7, 11) is 0. The summed E-state index contributed by atoms with van der Waals surface area (Å²) >= 11 is 6.25. The van der Waals surface area contributed by atoms with Gasteiger partial charge in [-0.1, -0.05) is 23.7 Å². The zero-order valence-electron chi connectivity index (χ0n) is 15.7. The zero-order chi connectivity index (χ0) is 20.6. The highest BCUT2D eigenvalue weighted by molar-refractivity contribution is 6.35. The van der Waals surface area contributed by atoms with Gasteiger partial charge in [-0.3, -0.25) is 29.4 Å². The molecule has 0 aromatic heterocycles. The fourth-order valence-corrected chi connectivity index (χ4v) is 5.07. The van der Waals surface area contributed by atoms with Crippen molar-refractivity contribution in [2.45, 2.75) is 44.3 Å². The summed E-state index contributed by atoms with van der Waals surface area (Å²) in [4.78, 5) is 52.6. The average Bonchev–Trinajstić information content (AvgIpc) is 3.13. The number of benzene rings is 1. The van der Waals surface area contributed by atoms with E-state index < -0.39 is 52.6 Å². The molecule has 3 aliphatic heterocycles. The van der Waals surface area contributed by atoms with Crippen molar-refractivity contribution in [1.29, 1.82) is 0 Å². The molecule has 0 radical (unpaired) electrons. The molecule has 1 spiro atoms. The number of rotatable bonds is 2. The van der Waals surface area contributed by atoms with E-state index in [1.807, 2.05) is 0 Å². The number of likely N-dealkylation sites (tertiary alicyclic amines) is 1. The molecule has 1 aromatic rings. The standard InChI is InChI=1S/C19H21ClN4O4/c1-18(2,3)24-15(26)12-10(7-11(21)25)23-19(13(12)16(24)27)8-5-4-6-9(20)14(8)22-17(19)28/h4-6,10,12-13,23H,7H2,1-3H3,(H2,21,25)(H,22,28)/t10-,12+,13-,19+/m0/s1. The first-order chi connectivity index (χ1) is 13.0. The number of imide groups is 1. The van der Waals surface area contributed by atoms with Gasteiger partial charge < -0.3 is 11.1 Å². The van der Waals surface area contributed by atoms with Gasteiger partial charge in [0.05, 0.1) is 22.5 Å². The smallest absolute Gasteiger partial charge is 0.250 e. The van der Waals surface area contributed by atoms with E-state index >= 15 is 0 Å². The topological polar surface area (TPSA) is 122 Å². The molecule has 8 nitrogen and oxygen atoms in total. The third-order valence-corrected chi connectivity index (χ3v) is 6.11. The molecule has 0 aliphatic carbocycles. The summed E-state index contributed by atoms with van der Waals surface area (Å²) in [5.41, 5.74) is 4.07. The largest absolute Gasteiger partial charge is 0.370 e. The number of carbonyl (C=O) groups excluding carboxylic acids is 4. The lowest BCUT2D eigenvalue weighted by Crippen LogP contribution is -2.56. The van der Waals surface area contributed by atoms with Crippen molar-refractivity contribution in [3.63, 3.8) is 0 Å². The van der Waals surface area contributed by atoms with Crippen molar-refractivity contribution < 1.29 is 19.2 Å². The number of amides is 4. The molecule has 2 fully saturated rings. The number of hydrogen-bond acceptors (Lipinski definition) is 5. The van der Waals surface area contributed by atoms with Gasteiger partial charge in [0.15, 0.2) is 0 Å². The van der Waals surface area contributed by atoms with Crippen LogP contribution in [0, 0.1) is 11.8 Å². The van der Waals surface area contributed by atoms with E-state index in [-0.39, 0.29) is 6.42 Å². The second kappa shape index (κ2) is 5.78. The molecular formula is C19H21ClN4O4. The molecule has 3 aliphatic rings. The molecule has 2 saturated heterocycles. The lowest BCUT2D eigenvalue weighted by Gasteiger charge is -2.34. The normalized spacial score (nSPS) is 31.4. The molecule has 1 aromatic carbocycles. The minimum Gasteiger partial charge on any atom is -0.370 e. The maximum atomic E-state index is 13.4. The Bertz CT molecular complexity index is 940. The second-order valence-electron chi connectivity index (χ2n) is 8.53. The van der Waals surface area contributed by atoms with E-state index in [0.29, 0.717) is 16.3 Å². The highest BCUT2D eigenvalue weighted by Gasteiger charge is 2.71. The number of nitrogens with two attached hydrogens (primary N) is 1. The van der Waals surface area contributed by atoms with Gasteiger partial charge in [0.25, 0.3) is 0 Å². The summed E-state index contributed by atoms with van der Waals surface area (Å²) < 4.78 is 0. The first kappa shape index (κ1) is 18.9. The Hall–Kier alpha value is -2.45. The summed E-state index contributed by atoms with van der Waals surface area (Å²) in [6.45, 7) is 5.27. The van der Waals surface area contributed by atoms with Gasteiger partial charge in [-0.15, -0.1) is 0 Å².